The molecule has 26 heavy (non-hydrogen) atoms. The van der Waals surface area contributed by atoms with Crippen LogP contribution in [0.25, 0.3) is 0 Å². The van der Waals surface area contributed by atoms with E-state index in [9.17, 15) is 9.59 Å². The predicted octanol–water partition coefficient (Wildman–Crippen LogP) is 4.21. The molecule has 0 spiro atoms. The van der Waals surface area contributed by atoms with E-state index in [-0.39, 0.29) is 0 Å². The zero-order valence-electron chi connectivity index (χ0n) is 14.6. The lowest BCUT2D eigenvalue weighted by Gasteiger charge is -2.25. The summed E-state index contributed by atoms with van der Waals surface area (Å²) in [6.07, 6.45) is 0.768. The van der Waals surface area contributed by atoms with Crippen LogP contribution in [0, 0.1) is 0 Å². The largest absolute Gasteiger partial charge is 0.465 e. The fraction of sp³-hybridized carbons (Fsp3) is 0.333. The molecule has 2 N–H and O–H groups in total. The average molecular weight is 394 g/mol. The van der Waals surface area contributed by atoms with E-state index in [1.165, 1.54) is 18.4 Å². The van der Waals surface area contributed by atoms with Crippen molar-refractivity contribution in [1.29, 1.82) is 0 Å². The standard InChI is InChI=1S/C18H20ClN3O3S/c1-3-22-9-8-13-14(10-22)26-16(15(13)17(23)25-2)21-18(24)20-12-6-4-11(19)5-7-12/h4-7H,3,8-10H2,1-2H3,(H2,20,21,24). The number of fused-ring (bicyclic) bond motifs is 1. The molecule has 0 saturated carbocycles. The number of hydrogen-bond acceptors (Lipinski definition) is 5. The lowest BCUT2D eigenvalue weighted by atomic mass is 10.0. The third-order valence-electron chi connectivity index (χ3n) is 4.30. The molecule has 0 unspecified atom stereocenters. The molecule has 0 atom stereocenters. The Morgan fingerprint density at radius 3 is 2.65 bits per heavy atom. The lowest BCUT2D eigenvalue weighted by molar-refractivity contribution is 0.0600. The lowest BCUT2D eigenvalue weighted by Crippen LogP contribution is -2.30. The molecule has 6 nitrogen and oxygen atoms in total. The molecule has 1 aliphatic heterocycles. The SMILES string of the molecule is CCN1CCc2c(sc(NC(=O)Nc3ccc(Cl)cc3)c2C(=O)OC)C1. The Bertz CT molecular complexity index is 820. The van der Waals surface area contributed by atoms with Crippen molar-refractivity contribution >= 4 is 45.6 Å². The Morgan fingerprint density at radius 1 is 1.27 bits per heavy atom. The van der Waals surface area contributed by atoms with Gasteiger partial charge in [-0.3, -0.25) is 10.2 Å². The number of benzene rings is 1. The first-order valence-corrected chi connectivity index (χ1v) is 9.50. The first kappa shape index (κ1) is 18.7. The molecule has 3 rings (SSSR count). The summed E-state index contributed by atoms with van der Waals surface area (Å²) in [6.45, 7) is 4.73. The fourth-order valence-electron chi connectivity index (χ4n) is 2.93. The Hall–Kier alpha value is -2.09. The molecule has 2 amide bonds. The summed E-state index contributed by atoms with van der Waals surface area (Å²) < 4.78 is 4.94. The number of carbonyl (C=O) groups is 2. The second kappa shape index (κ2) is 8.07. The zero-order valence-corrected chi connectivity index (χ0v) is 16.2. The molecule has 0 radical (unpaired) electrons. The van der Waals surface area contributed by atoms with Crippen molar-refractivity contribution < 1.29 is 14.3 Å². The smallest absolute Gasteiger partial charge is 0.341 e. The number of amides is 2. The van der Waals surface area contributed by atoms with E-state index in [0.717, 1.165) is 36.5 Å². The molecule has 2 aromatic rings. The minimum atomic E-state index is -0.422. The van der Waals surface area contributed by atoms with Crippen LogP contribution in [0.2, 0.25) is 5.02 Å². The molecule has 0 fully saturated rings. The number of carbonyl (C=O) groups excluding carboxylic acids is 2. The maximum atomic E-state index is 12.4. The minimum Gasteiger partial charge on any atom is -0.465 e. The number of likely N-dealkylation sites (N-methyl/N-ethyl adjacent to an activating group) is 1. The van der Waals surface area contributed by atoms with Crippen molar-refractivity contribution in [3.8, 4) is 0 Å². The number of esters is 1. The van der Waals surface area contributed by atoms with Gasteiger partial charge in [0.15, 0.2) is 0 Å². The average Bonchev–Trinajstić information content (AvgIpc) is 2.99. The van der Waals surface area contributed by atoms with Gasteiger partial charge in [0.25, 0.3) is 0 Å². The third-order valence-corrected chi connectivity index (χ3v) is 5.69. The summed E-state index contributed by atoms with van der Waals surface area (Å²) >= 11 is 7.28. The topological polar surface area (TPSA) is 70.7 Å². The van der Waals surface area contributed by atoms with Gasteiger partial charge in [0, 0.05) is 28.7 Å². The first-order chi connectivity index (χ1) is 12.5. The number of rotatable bonds is 4. The molecular formula is C18H20ClN3O3S. The quantitative estimate of drug-likeness (QED) is 0.763. The number of methoxy groups -OCH3 is 1. The number of nitrogens with one attached hydrogen (secondary N) is 2. The second-order valence-corrected chi connectivity index (χ2v) is 7.45. The van der Waals surface area contributed by atoms with E-state index >= 15 is 0 Å². The Kier molecular flexibility index (Phi) is 5.80. The normalized spacial score (nSPS) is 13.8. The minimum absolute atomic E-state index is 0.413. The molecule has 8 heteroatoms. The van der Waals surface area contributed by atoms with Crippen LogP contribution in [0.5, 0.6) is 0 Å². The van der Waals surface area contributed by atoms with Crippen LogP contribution < -0.4 is 10.6 Å². The van der Waals surface area contributed by atoms with Crippen LogP contribution in [0.15, 0.2) is 24.3 Å². The van der Waals surface area contributed by atoms with Crippen LogP contribution in [0.3, 0.4) is 0 Å². The van der Waals surface area contributed by atoms with Gasteiger partial charge in [0.2, 0.25) is 0 Å². The van der Waals surface area contributed by atoms with Gasteiger partial charge in [0.05, 0.1) is 12.7 Å². The van der Waals surface area contributed by atoms with Gasteiger partial charge in [-0.2, -0.15) is 0 Å². The van der Waals surface area contributed by atoms with Crippen molar-refractivity contribution in [3.63, 3.8) is 0 Å². The van der Waals surface area contributed by atoms with Crippen LogP contribution in [0.1, 0.15) is 27.7 Å². The van der Waals surface area contributed by atoms with E-state index in [4.69, 9.17) is 16.3 Å². The van der Waals surface area contributed by atoms with Gasteiger partial charge >= 0.3 is 12.0 Å². The molecule has 0 aliphatic carbocycles. The zero-order chi connectivity index (χ0) is 18.7. The van der Waals surface area contributed by atoms with Gasteiger partial charge in [-0.1, -0.05) is 18.5 Å². The summed E-state index contributed by atoms with van der Waals surface area (Å²) in [6, 6.07) is 6.40. The number of halogens is 1. The summed E-state index contributed by atoms with van der Waals surface area (Å²) in [4.78, 5) is 28.0. The molecule has 1 aliphatic rings. The van der Waals surface area contributed by atoms with Crippen molar-refractivity contribution in [2.75, 3.05) is 30.8 Å². The highest BCUT2D eigenvalue weighted by atomic mass is 35.5. The second-order valence-electron chi connectivity index (χ2n) is 5.90. The molecule has 1 aromatic carbocycles. The van der Waals surface area contributed by atoms with Crippen LogP contribution in [-0.4, -0.2) is 37.1 Å². The fourth-order valence-corrected chi connectivity index (χ4v) is 4.33. The molecule has 0 saturated heterocycles. The number of hydrogen-bond donors (Lipinski definition) is 2. The molecule has 138 valence electrons. The van der Waals surface area contributed by atoms with Crippen LogP contribution in [0.4, 0.5) is 15.5 Å². The van der Waals surface area contributed by atoms with Gasteiger partial charge < -0.3 is 10.1 Å². The summed E-state index contributed by atoms with van der Waals surface area (Å²) in [5.41, 5.74) is 2.06. The summed E-state index contributed by atoms with van der Waals surface area (Å²) in [5.74, 6) is -0.422. The molecule has 1 aromatic heterocycles. The maximum Gasteiger partial charge on any atom is 0.341 e. The predicted molar refractivity (Wildman–Crippen MR) is 104 cm³/mol. The van der Waals surface area contributed by atoms with Crippen LogP contribution >= 0.6 is 22.9 Å². The summed E-state index contributed by atoms with van der Waals surface area (Å²) in [5, 5.41) is 6.65. The van der Waals surface area contributed by atoms with Gasteiger partial charge in [-0.15, -0.1) is 11.3 Å². The Labute approximate surface area is 161 Å². The van der Waals surface area contributed by atoms with Gasteiger partial charge in [-0.25, -0.2) is 9.59 Å². The highest BCUT2D eigenvalue weighted by Gasteiger charge is 2.28. The Morgan fingerprint density at radius 2 is 2.00 bits per heavy atom. The Balaban J connectivity index is 1.82. The molecule has 0 bridgehead atoms. The van der Waals surface area contributed by atoms with E-state index in [0.29, 0.717) is 21.3 Å². The number of anilines is 2. The van der Waals surface area contributed by atoms with E-state index in [2.05, 4.69) is 22.5 Å². The number of ether oxygens (including phenoxy) is 1. The van der Waals surface area contributed by atoms with Gasteiger partial charge in [-0.05, 0) is 42.8 Å². The van der Waals surface area contributed by atoms with Gasteiger partial charge in [0.1, 0.15) is 5.00 Å². The number of thiophene rings is 1. The highest BCUT2D eigenvalue weighted by molar-refractivity contribution is 7.17. The number of nitrogens with zero attached hydrogens (tertiary/aromatic N) is 1. The van der Waals surface area contributed by atoms with Crippen molar-refractivity contribution in [2.24, 2.45) is 0 Å². The third kappa shape index (κ3) is 4.00. The summed E-state index contributed by atoms with van der Waals surface area (Å²) in [7, 11) is 1.35. The van der Waals surface area contributed by atoms with E-state index in [1.807, 2.05) is 0 Å². The highest BCUT2D eigenvalue weighted by Crippen LogP contribution is 2.37. The van der Waals surface area contributed by atoms with Crippen LogP contribution in [-0.2, 0) is 17.7 Å². The monoisotopic (exact) mass is 393 g/mol. The van der Waals surface area contributed by atoms with Crippen molar-refractivity contribution in [2.45, 2.75) is 19.9 Å². The first-order valence-electron chi connectivity index (χ1n) is 8.30. The van der Waals surface area contributed by atoms with Crippen molar-refractivity contribution in [3.05, 3.63) is 45.3 Å². The number of urea groups is 1. The molecular weight excluding hydrogens is 374 g/mol. The maximum absolute atomic E-state index is 12.4. The van der Waals surface area contributed by atoms with E-state index < -0.39 is 12.0 Å². The van der Waals surface area contributed by atoms with E-state index in [1.54, 1.807) is 24.3 Å². The molecule has 2 heterocycles. The van der Waals surface area contributed by atoms with Crippen molar-refractivity contribution in [1.82, 2.24) is 4.90 Å².